The van der Waals surface area contributed by atoms with E-state index in [0.29, 0.717) is 0 Å². The van der Waals surface area contributed by atoms with E-state index >= 15 is 0 Å². The monoisotopic (exact) mass is 367 g/mol. The quantitative estimate of drug-likeness (QED) is 0.742. The van der Waals surface area contributed by atoms with Gasteiger partial charge >= 0.3 is 0 Å². The van der Waals surface area contributed by atoms with E-state index in [1.54, 1.807) is 6.08 Å². The van der Waals surface area contributed by atoms with Crippen LogP contribution in [0.4, 0.5) is 8.78 Å². The molecule has 1 aliphatic heterocycles. The van der Waals surface area contributed by atoms with Gasteiger partial charge in [-0.2, -0.15) is 0 Å². The van der Waals surface area contributed by atoms with Crippen LogP contribution in [-0.4, -0.2) is 58.6 Å². The first-order valence-corrected chi connectivity index (χ1v) is 8.34. The second kappa shape index (κ2) is 8.75. The van der Waals surface area contributed by atoms with Crippen molar-refractivity contribution in [1.29, 1.82) is 0 Å². The summed E-state index contributed by atoms with van der Waals surface area (Å²) >= 11 is 0. The highest BCUT2D eigenvalue weighted by Crippen LogP contribution is 2.33. The number of aromatic nitrogens is 1. The fourth-order valence-electron chi connectivity index (χ4n) is 2.73. The molecule has 2 amide bonds. The number of aliphatic hydroxyl groups excluding tert-OH is 1. The van der Waals surface area contributed by atoms with Gasteiger partial charge in [0.2, 0.25) is 11.8 Å². The molecular formula is C18H23F2N3O3. The number of amides is 2. The lowest BCUT2D eigenvalue weighted by molar-refractivity contribution is -0.140. The van der Waals surface area contributed by atoms with Crippen molar-refractivity contribution in [3.8, 4) is 0 Å². The first kappa shape index (κ1) is 19.8. The second-order valence-corrected chi connectivity index (χ2v) is 6.27. The molecule has 2 rings (SSSR count). The Morgan fingerprint density at radius 1 is 1.42 bits per heavy atom. The van der Waals surface area contributed by atoms with Gasteiger partial charge in [0.1, 0.15) is 0 Å². The van der Waals surface area contributed by atoms with Crippen LogP contribution in [0.1, 0.15) is 12.0 Å². The van der Waals surface area contributed by atoms with E-state index in [9.17, 15) is 18.4 Å². The summed E-state index contributed by atoms with van der Waals surface area (Å²) in [6.07, 6.45) is 8.57. The van der Waals surface area contributed by atoms with E-state index in [4.69, 9.17) is 5.11 Å². The predicted octanol–water partition coefficient (Wildman–Crippen LogP) is 1.19. The number of nitrogens with one attached hydrogen (secondary N) is 1. The van der Waals surface area contributed by atoms with Crippen molar-refractivity contribution in [2.75, 3.05) is 26.2 Å². The molecule has 1 saturated heterocycles. The van der Waals surface area contributed by atoms with Gasteiger partial charge in [-0.15, -0.1) is 0 Å². The minimum Gasteiger partial charge on any atom is -0.392 e. The van der Waals surface area contributed by atoms with Gasteiger partial charge < -0.3 is 19.9 Å². The Bertz CT molecular complexity index is 698. The third-order valence-electron chi connectivity index (χ3n) is 4.24. The normalized spacial score (nSPS) is 20.0. The molecule has 0 saturated carbocycles. The first-order chi connectivity index (χ1) is 12.3. The van der Waals surface area contributed by atoms with E-state index < -0.39 is 24.2 Å². The van der Waals surface area contributed by atoms with Crippen LogP contribution in [0.3, 0.4) is 0 Å². The molecule has 1 aliphatic rings. The summed E-state index contributed by atoms with van der Waals surface area (Å²) in [7, 11) is 1.86. The number of carbonyl (C=O) groups is 2. The van der Waals surface area contributed by atoms with Crippen molar-refractivity contribution in [2.24, 2.45) is 13.0 Å². The predicted molar refractivity (Wildman–Crippen MR) is 93.3 cm³/mol. The van der Waals surface area contributed by atoms with Crippen molar-refractivity contribution in [1.82, 2.24) is 14.8 Å². The van der Waals surface area contributed by atoms with Gasteiger partial charge in [0.05, 0.1) is 12.5 Å². The van der Waals surface area contributed by atoms with Crippen molar-refractivity contribution in [3.05, 3.63) is 42.3 Å². The fraction of sp³-hybridized carbons (Fsp3) is 0.444. The molecule has 0 aliphatic carbocycles. The summed E-state index contributed by atoms with van der Waals surface area (Å²) in [5.41, 5.74) is 0.850. The molecule has 8 heteroatoms. The lowest BCUT2D eigenvalue weighted by atomic mass is 9.93. The van der Waals surface area contributed by atoms with E-state index in [-0.39, 0.29) is 32.1 Å². The van der Waals surface area contributed by atoms with Crippen LogP contribution in [-0.2, 0) is 16.6 Å². The number of carbonyl (C=O) groups excluding carboxylic acids is 2. The molecule has 0 bridgehead atoms. The minimum atomic E-state index is -2.95. The Hall–Kier alpha value is -2.48. The molecule has 142 valence electrons. The highest BCUT2D eigenvalue weighted by Gasteiger charge is 2.44. The van der Waals surface area contributed by atoms with Crippen LogP contribution in [0.2, 0.25) is 0 Å². The SMILES string of the molecule is Cn1ccc(/C=C/C(=O)N2CCC(F)(F)C(CNC(=O)/C=C/CO)C2)c1. The molecule has 1 unspecified atom stereocenters. The maximum atomic E-state index is 14.1. The minimum absolute atomic E-state index is 0.0280. The van der Waals surface area contributed by atoms with Gasteiger partial charge in [-0.25, -0.2) is 8.78 Å². The lowest BCUT2D eigenvalue weighted by Gasteiger charge is -2.38. The van der Waals surface area contributed by atoms with E-state index in [1.807, 2.05) is 30.1 Å². The molecule has 6 nitrogen and oxygen atoms in total. The zero-order chi connectivity index (χ0) is 19.2. The van der Waals surface area contributed by atoms with Crippen molar-refractivity contribution in [2.45, 2.75) is 12.3 Å². The van der Waals surface area contributed by atoms with E-state index in [0.717, 1.165) is 11.6 Å². The molecular weight excluding hydrogens is 344 g/mol. The maximum Gasteiger partial charge on any atom is 0.255 e. The highest BCUT2D eigenvalue weighted by molar-refractivity contribution is 5.92. The van der Waals surface area contributed by atoms with Crippen LogP contribution in [0.5, 0.6) is 0 Å². The maximum absolute atomic E-state index is 14.1. The number of halogens is 2. The zero-order valence-electron chi connectivity index (χ0n) is 14.6. The smallest absolute Gasteiger partial charge is 0.255 e. The summed E-state index contributed by atoms with van der Waals surface area (Å²) in [4.78, 5) is 25.1. The standard InChI is InChI=1S/C18H23F2N3O3/c1-22-8-6-14(12-22)4-5-17(26)23-9-7-18(19,20)15(13-23)11-21-16(25)3-2-10-24/h2-6,8,12,15,24H,7,9-11,13H2,1H3,(H,21,25)/b3-2+,5-4+. The number of nitrogens with zero attached hydrogens (tertiary/aromatic N) is 2. The molecule has 0 aromatic carbocycles. The summed E-state index contributed by atoms with van der Waals surface area (Å²) in [6, 6.07) is 1.84. The molecule has 1 aromatic rings. The lowest BCUT2D eigenvalue weighted by Crippen LogP contribution is -2.52. The van der Waals surface area contributed by atoms with Gasteiger partial charge in [0.25, 0.3) is 5.92 Å². The van der Waals surface area contributed by atoms with Crippen molar-refractivity contribution >= 4 is 17.9 Å². The molecule has 2 N–H and O–H groups in total. The van der Waals surface area contributed by atoms with E-state index in [2.05, 4.69) is 5.32 Å². The Balaban J connectivity index is 1.94. The van der Waals surface area contributed by atoms with E-state index in [1.165, 1.54) is 17.1 Å². The number of hydrogen-bond acceptors (Lipinski definition) is 3. The number of rotatable bonds is 6. The first-order valence-electron chi connectivity index (χ1n) is 8.34. The number of aryl methyl sites for hydroxylation is 1. The van der Waals surface area contributed by atoms with Crippen molar-refractivity contribution < 1.29 is 23.5 Å². The zero-order valence-corrected chi connectivity index (χ0v) is 14.6. The molecule has 26 heavy (non-hydrogen) atoms. The Morgan fingerprint density at radius 2 is 2.19 bits per heavy atom. The second-order valence-electron chi connectivity index (χ2n) is 6.27. The van der Waals surface area contributed by atoms with Gasteiger partial charge in [-0.1, -0.05) is 6.08 Å². The van der Waals surface area contributed by atoms with Crippen LogP contribution in [0.15, 0.2) is 36.7 Å². The third-order valence-corrected chi connectivity index (χ3v) is 4.24. The molecule has 1 aromatic heterocycles. The van der Waals surface area contributed by atoms with Gasteiger partial charge in [-0.3, -0.25) is 9.59 Å². The summed E-state index contributed by atoms with van der Waals surface area (Å²) in [5.74, 6) is -4.99. The summed E-state index contributed by atoms with van der Waals surface area (Å²) in [5, 5.41) is 11.0. The topological polar surface area (TPSA) is 74.6 Å². The van der Waals surface area contributed by atoms with Crippen molar-refractivity contribution in [3.63, 3.8) is 0 Å². The number of likely N-dealkylation sites (tertiary alicyclic amines) is 1. The number of aliphatic hydroxyl groups is 1. The van der Waals surface area contributed by atoms with Gasteiger partial charge in [0, 0.05) is 57.6 Å². The Morgan fingerprint density at radius 3 is 2.85 bits per heavy atom. The van der Waals surface area contributed by atoms with Gasteiger partial charge in [-0.05, 0) is 17.7 Å². The largest absolute Gasteiger partial charge is 0.392 e. The number of alkyl halides is 2. The molecule has 1 fully saturated rings. The highest BCUT2D eigenvalue weighted by atomic mass is 19.3. The van der Waals surface area contributed by atoms with Crippen LogP contribution in [0.25, 0.3) is 6.08 Å². The average Bonchev–Trinajstić information content (AvgIpc) is 3.02. The molecule has 1 atom stereocenters. The van der Waals surface area contributed by atoms with Crippen LogP contribution >= 0.6 is 0 Å². The Kier molecular flexibility index (Phi) is 6.68. The molecule has 2 heterocycles. The summed E-state index contributed by atoms with van der Waals surface area (Å²) < 4.78 is 30.0. The van der Waals surface area contributed by atoms with Crippen LogP contribution < -0.4 is 5.32 Å². The average molecular weight is 367 g/mol. The fourth-order valence-corrected chi connectivity index (χ4v) is 2.73. The van der Waals surface area contributed by atoms with Gasteiger partial charge in [0.15, 0.2) is 0 Å². The summed E-state index contributed by atoms with van der Waals surface area (Å²) in [6.45, 7) is -0.703. The Labute approximate surface area is 150 Å². The number of hydrogen-bond donors (Lipinski definition) is 2. The molecule has 0 spiro atoms. The molecule has 0 radical (unpaired) electrons. The number of piperidine rings is 1. The van der Waals surface area contributed by atoms with Crippen LogP contribution in [0, 0.1) is 5.92 Å². The third kappa shape index (κ3) is 5.52.